The van der Waals surface area contributed by atoms with Crippen LogP contribution in [0.25, 0.3) is 11.3 Å². The molecule has 25 heavy (non-hydrogen) atoms. The van der Waals surface area contributed by atoms with Crippen molar-refractivity contribution in [1.29, 1.82) is 0 Å². The summed E-state index contributed by atoms with van der Waals surface area (Å²) in [4.78, 5) is 16.6. The normalized spacial score (nSPS) is 10.7. The number of urea groups is 1. The first-order valence-electron chi connectivity index (χ1n) is 8.22. The van der Waals surface area contributed by atoms with Crippen molar-refractivity contribution in [2.45, 2.75) is 26.7 Å². The molecule has 0 fully saturated rings. The van der Waals surface area contributed by atoms with Crippen LogP contribution in [0.3, 0.4) is 0 Å². The zero-order valence-corrected chi connectivity index (χ0v) is 15.4. The number of hydrogen-bond donors (Lipinski definition) is 2. The summed E-state index contributed by atoms with van der Waals surface area (Å²) in [5, 5.41) is 8.11. The van der Waals surface area contributed by atoms with Gasteiger partial charge in [-0.2, -0.15) is 0 Å². The van der Waals surface area contributed by atoms with Gasteiger partial charge in [-0.1, -0.05) is 55.8 Å². The lowest BCUT2D eigenvalue weighted by atomic mass is 10.0. The average molecular weight is 351 g/mol. The van der Waals surface area contributed by atoms with Gasteiger partial charge in [0.25, 0.3) is 0 Å². The Hall–Kier alpha value is -2.66. The Kier molecular flexibility index (Phi) is 5.14. The lowest BCUT2D eigenvalue weighted by Gasteiger charge is -2.06. The lowest BCUT2D eigenvalue weighted by molar-refractivity contribution is 0.262. The number of nitrogens with zero attached hydrogens (tertiary/aromatic N) is 1. The highest BCUT2D eigenvalue weighted by Crippen LogP contribution is 2.26. The molecule has 1 aromatic heterocycles. The van der Waals surface area contributed by atoms with E-state index in [9.17, 15) is 4.79 Å². The summed E-state index contributed by atoms with van der Waals surface area (Å²) in [7, 11) is 0. The van der Waals surface area contributed by atoms with Gasteiger partial charge in [-0.15, -0.1) is 11.3 Å². The minimum absolute atomic E-state index is 0.292. The molecule has 0 radical (unpaired) electrons. The maximum atomic E-state index is 12.1. The predicted octanol–water partition coefficient (Wildman–Crippen LogP) is 5.89. The Labute approximate surface area is 151 Å². The van der Waals surface area contributed by atoms with Gasteiger partial charge in [-0.3, -0.25) is 5.32 Å². The fourth-order valence-electron chi connectivity index (χ4n) is 2.40. The first-order chi connectivity index (χ1) is 12.0. The Morgan fingerprint density at radius 2 is 1.68 bits per heavy atom. The number of thiazole rings is 1. The van der Waals surface area contributed by atoms with Crippen molar-refractivity contribution in [3.05, 3.63) is 65.0 Å². The second-order valence-electron chi connectivity index (χ2n) is 6.26. The van der Waals surface area contributed by atoms with Gasteiger partial charge in [0.1, 0.15) is 0 Å². The molecule has 0 saturated heterocycles. The van der Waals surface area contributed by atoms with Gasteiger partial charge in [0.15, 0.2) is 5.13 Å². The molecule has 4 nitrogen and oxygen atoms in total. The molecule has 0 saturated carbocycles. The molecule has 0 aliphatic rings. The zero-order chi connectivity index (χ0) is 17.8. The highest BCUT2D eigenvalue weighted by molar-refractivity contribution is 7.14. The van der Waals surface area contributed by atoms with Crippen LogP contribution in [0.4, 0.5) is 15.6 Å². The monoisotopic (exact) mass is 351 g/mol. The van der Waals surface area contributed by atoms with Crippen LogP contribution < -0.4 is 10.6 Å². The number of carbonyl (C=O) groups excluding carboxylic acids is 1. The Morgan fingerprint density at radius 3 is 2.32 bits per heavy atom. The Bertz CT molecular complexity index is 851. The van der Waals surface area contributed by atoms with E-state index >= 15 is 0 Å². The van der Waals surface area contributed by atoms with Gasteiger partial charge < -0.3 is 5.32 Å². The number of anilines is 2. The molecule has 0 bridgehead atoms. The lowest BCUT2D eigenvalue weighted by Crippen LogP contribution is -2.19. The van der Waals surface area contributed by atoms with E-state index in [0.717, 1.165) is 22.5 Å². The van der Waals surface area contributed by atoms with E-state index in [1.54, 1.807) is 0 Å². The van der Waals surface area contributed by atoms with Gasteiger partial charge in [0, 0.05) is 16.6 Å². The number of amides is 2. The van der Waals surface area contributed by atoms with Crippen LogP contribution in [0.15, 0.2) is 53.9 Å². The summed E-state index contributed by atoms with van der Waals surface area (Å²) in [5.74, 6) is 0.507. The predicted molar refractivity (Wildman–Crippen MR) is 105 cm³/mol. The second-order valence-corrected chi connectivity index (χ2v) is 7.12. The summed E-state index contributed by atoms with van der Waals surface area (Å²) < 4.78 is 0. The number of benzene rings is 2. The van der Waals surface area contributed by atoms with Crippen LogP contribution in [0.5, 0.6) is 0 Å². The standard InChI is InChI=1S/C20H21N3OS/c1-13(2)15-6-8-16(9-7-15)18-12-25-20(22-18)23-19(24)21-17-10-4-14(3)5-11-17/h4-13H,1-3H3,(H2,21,22,23,24). The van der Waals surface area contributed by atoms with E-state index in [1.807, 2.05) is 36.6 Å². The second kappa shape index (κ2) is 7.49. The van der Waals surface area contributed by atoms with Gasteiger partial charge >= 0.3 is 6.03 Å². The molecule has 2 aromatic carbocycles. The van der Waals surface area contributed by atoms with Crippen LogP contribution in [0.2, 0.25) is 0 Å². The first kappa shape index (κ1) is 17.2. The summed E-state index contributed by atoms with van der Waals surface area (Å²) in [6.45, 7) is 6.35. The molecule has 0 unspecified atom stereocenters. The highest BCUT2D eigenvalue weighted by atomic mass is 32.1. The number of aromatic nitrogens is 1. The summed E-state index contributed by atoms with van der Waals surface area (Å²) >= 11 is 1.41. The molecular formula is C20H21N3OS. The highest BCUT2D eigenvalue weighted by Gasteiger charge is 2.09. The van der Waals surface area contributed by atoms with E-state index in [0.29, 0.717) is 11.0 Å². The molecule has 1 heterocycles. The molecule has 5 heteroatoms. The van der Waals surface area contributed by atoms with Crippen molar-refractivity contribution >= 4 is 28.2 Å². The fourth-order valence-corrected chi connectivity index (χ4v) is 3.11. The first-order valence-corrected chi connectivity index (χ1v) is 9.10. The minimum atomic E-state index is -0.292. The van der Waals surface area contributed by atoms with Crippen LogP contribution >= 0.6 is 11.3 Å². The number of rotatable bonds is 4. The molecule has 0 aliphatic carbocycles. The molecule has 2 N–H and O–H groups in total. The molecule has 0 aliphatic heterocycles. The van der Waals surface area contributed by atoms with E-state index in [2.05, 4.69) is 53.7 Å². The van der Waals surface area contributed by atoms with Crippen molar-refractivity contribution in [1.82, 2.24) is 4.98 Å². The minimum Gasteiger partial charge on any atom is -0.308 e. The number of aryl methyl sites for hydroxylation is 1. The Balaban J connectivity index is 1.64. The Morgan fingerprint density at radius 1 is 1.00 bits per heavy atom. The maximum absolute atomic E-state index is 12.1. The fraction of sp³-hybridized carbons (Fsp3) is 0.200. The van der Waals surface area contributed by atoms with Gasteiger partial charge in [-0.25, -0.2) is 9.78 Å². The van der Waals surface area contributed by atoms with Crippen LogP contribution in [-0.2, 0) is 0 Å². The molecule has 0 spiro atoms. The quantitative estimate of drug-likeness (QED) is 0.616. The number of hydrogen-bond acceptors (Lipinski definition) is 3. The van der Waals surface area contributed by atoms with Gasteiger partial charge in [-0.05, 0) is 30.5 Å². The van der Waals surface area contributed by atoms with Gasteiger partial charge in [0.05, 0.1) is 5.69 Å². The molecular weight excluding hydrogens is 330 g/mol. The van der Waals surface area contributed by atoms with Crippen molar-refractivity contribution in [3.8, 4) is 11.3 Å². The smallest absolute Gasteiger partial charge is 0.308 e. The molecule has 128 valence electrons. The van der Waals surface area contributed by atoms with Crippen molar-refractivity contribution in [2.75, 3.05) is 10.6 Å². The van der Waals surface area contributed by atoms with Crippen LogP contribution in [-0.4, -0.2) is 11.0 Å². The van der Waals surface area contributed by atoms with Crippen LogP contribution in [0, 0.1) is 6.92 Å². The average Bonchev–Trinajstić information content (AvgIpc) is 3.05. The largest absolute Gasteiger partial charge is 0.325 e. The van der Waals surface area contributed by atoms with E-state index in [-0.39, 0.29) is 6.03 Å². The molecule has 3 aromatic rings. The maximum Gasteiger partial charge on any atom is 0.325 e. The van der Waals surface area contributed by atoms with E-state index in [4.69, 9.17) is 0 Å². The summed E-state index contributed by atoms with van der Waals surface area (Å²) in [5.41, 5.74) is 5.12. The zero-order valence-electron chi connectivity index (χ0n) is 14.5. The molecule has 2 amide bonds. The third-order valence-electron chi connectivity index (χ3n) is 3.91. The molecule has 3 rings (SSSR count). The summed E-state index contributed by atoms with van der Waals surface area (Å²) in [6.07, 6.45) is 0. The SMILES string of the molecule is Cc1ccc(NC(=O)Nc2nc(-c3ccc(C(C)C)cc3)cs2)cc1. The van der Waals surface area contributed by atoms with Crippen LogP contribution in [0.1, 0.15) is 30.9 Å². The third-order valence-corrected chi connectivity index (χ3v) is 4.66. The number of carbonyl (C=O) groups is 1. The van der Waals surface area contributed by atoms with E-state index in [1.165, 1.54) is 16.9 Å². The van der Waals surface area contributed by atoms with E-state index < -0.39 is 0 Å². The third kappa shape index (κ3) is 4.45. The van der Waals surface area contributed by atoms with Crippen molar-refractivity contribution in [2.24, 2.45) is 0 Å². The van der Waals surface area contributed by atoms with Gasteiger partial charge in [0.2, 0.25) is 0 Å². The van der Waals surface area contributed by atoms with Crippen molar-refractivity contribution < 1.29 is 4.79 Å². The van der Waals surface area contributed by atoms with Crippen molar-refractivity contribution in [3.63, 3.8) is 0 Å². The number of nitrogens with one attached hydrogen (secondary N) is 2. The topological polar surface area (TPSA) is 54.0 Å². The summed E-state index contributed by atoms with van der Waals surface area (Å²) in [6, 6.07) is 15.8. The molecule has 0 atom stereocenters.